The molecule has 0 saturated heterocycles. The first kappa shape index (κ1) is 22.1. The summed E-state index contributed by atoms with van der Waals surface area (Å²) in [6, 6.07) is 23.5. The Kier molecular flexibility index (Phi) is 7.82. The van der Waals surface area contributed by atoms with Gasteiger partial charge in [-0.2, -0.15) is 0 Å². The van der Waals surface area contributed by atoms with Gasteiger partial charge in [-0.05, 0) is 62.7 Å². The SMILES string of the molecule is CCOC(=Nc1ccccc1C)c1cccc(C(=Nc2ccccc2OC)OCC)c1. The molecule has 0 aliphatic carbocycles. The molecule has 3 rings (SSSR count). The van der Waals surface area contributed by atoms with Crippen molar-refractivity contribution in [1.82, 2.24) is 0 Å². The number of ether oxygens (including phenoxy) is 3. The van der Waals surface area contributed by atoms with Gasteiger partial charge in [0, 0.05) is 11.1 Å². The third kappa shape index (κ3) is 5.72. The zero-order valence-corrected chi connectivity index (χ0v) is 18.5. The summed E-state index contributed by atoms with van der Waals surface area (Å²) in [5.41, 5.74) is 4.36. The average molecular weight is 417 g/mol. The first-order valence-corrected chi connectivity index (χ1v) is 10.4. The molecule has 3 aromatic carbocycles. The number of methoxy groups -OCH3 is 1. The Morgan fingerprint density at radius 2 is 1.26 bits per heavy atom. The summed E-state index contributed by atoms with van der Waals surface area (Å²) >= 11 is 0. The molecule has 0 radical (unpaired) electrons. The van der Waals surface area contributed by atoms with E-state index < -0.39 is 0 Å². The molecule has 0 aliphatic heterocycles. The van der Waals surface area contributed by atoms with E-state index in [-0.39, 0.29) is 0 Å². The van der Waals surface area contributed by atoms with Crippen LogP contribution in [0.4, 0.5) is 11.4 Å². The Hall–Kier alpha value is -3.60. The van der Waals surface area contributed by atoms with Crippen molar-refractivity contribution in [3.8, 4) is 5.75 Å². The van der Waals surface area contributed by atoms with Crippen LogP contribution in [0.25, 0.3) is 0 Å². The molecule has 3 aromatic rings. The molecule has 0 aromatic heterocycles. The predicted molar refractivity (Wildman–Crippen MR) is 126 cm³/mol. The maximum Gasteiger partial charge on any atom is 0.221 e. The van der Waals surface area contributed by atoms with Crippen molar-refractivity contribution >= 4 is 23.2 Å². The minimum absolute atomic E-state index is 0.494. The summed E-state index contributed by atoms with van der Waals surface area (Å²) in [6.45, 7) is 6.93. The summed E-state index contributed by atoms with van der Waals surface area (Å²) < 4.78 is 17.2. The Labute approximate surface area is 184 Å². The van der Waals surface area contributed by atoms with Gasteiger partial charge in [0.1, 0.15) is 11.4 Å². The second-order valence-corrected chi connectivity index (χ2v) is 6.74. The van der Waals surface area contributed by atoms with Crippen molar-refractivity contribution in [1.29, 1.82) is 0 Å². The van der Waals surface area contributed by atoms with Gasteiger partial charge in [-0.1, -0.05) is 36.4 Å². The normalized spacial score (nSPS) is 11.9. The van der Waals surface area contributed by atoms with E-state index in [2.05, 4.69) is 0 Å². The van der Waals surface area contributed by atoms with Gasteiger partial charge < -0.3 is 14.2 Å². The molecule has 0 N–H and O–H groups in total. The van der Waals surface area contributed by atoms with E-state index >= 15 is 0 Å². The number of rotatable bonds is 7. The predicted octanol–water partition coefficient (Wildman–Crippen LogP) is 6.23. The zero-order chi connectivity index (χ0) is 22.1. The van der Waals surface area contributed by atoms with Crippen molar-refractivity contribution in [2.24, 2.45) is 9.98 Å². The van der Waals surface area contributed by atoms with E-state index in [9.17, 15) is 0 Å². The van der Waals surface area contributed by atoms with Gasteiger partial charge in [0.15, 0.2) is 0 Å². The molecular formula is C26H28N2O3. The van der Waals surface area contributed by atoms with Crippen LogP contribution in [0.2, 0.25) is 0 Å². The van der Waals surface area contributed by atoms with Crippen LogP contribution < -0.4 is 4.74 Å². The number of nitrogens with zero attached hydrogens (tertiary/aromatic N) is 2. The topological polar surface area (TPSA) is 52.4 Å². The van der Waals surface area contributed by atoms with Crippen LogP contribution >= 0.6 is 0 Å². The van der Waals surface area contributed by atoms with Crippen molar-refractivity contribution in [2.75, 3.05) is 20.3 Å². The maximum atomic E-state index is 5.89. The van der Waals surface area contributed by atoms with E-state index in [1.54, 1.807) is 7.11 Å². The van der Waals surface area contributed by atoms with Gasteiger partial charge in [-0.3, -0.25) is 0 Å². The second-order valence-electron chi connectivity index (χ2n) is 6.74. The van der Waals surface area contributed by atoms with Crippen LogP contribution in [0, 0.1) is 6.92 Å². The maximum absolute atomic E-state index is 5.89. The minimum atomic E-state index is 0.494. The monoisotopic (exact) mass is 416 g/mol. The molecule has 0 spiro atoms. The number of hydrogen-bond donors (Lipinski definition) is 0. The van der Waals surface area contributed by atoms with Crippen LogP contribution in [0.15, 0.2) is 82.8 Å². The van der Waals surface area contributed by atoms with Gasteiger partial charge in [-0.25, -0.2) is 9.98 Å². The summed E-state index contributed by atoms with van der Waals surface area (Å²) in [6.07, 6.45) is 0. The number of benzene rings is 3. The van der Waals surface area contributed by atoms with Crippen LogP contribution in [0.3, 0.4) is 0 Å². The Morgan fingerprint density at radius 1 is 0.710 bits per heavy atom. The van der Waals surface area contributed by atoms with Crippen LogP contribution in [-0.2, 0) is 9.47 Å². The fourth-order valence-electron chi connectivity index (χ4n) is 3.05. The first-order valence-electron chi connectivity index (χ1n) is 10.4. The Balaban J connectivity index is 2.04. The lowest BCUT2D eigenvalue weighted by molar-refractivity contribution is 0.327. The van der Waals surface area contributed by atoms with E-state index in [0.29, 0.717) is 36.4 Å². The lowest BCUT2D eigenvalue weighted by Crippen LogP contribution is -2.11. The summed E-state index contributed by atoms with van der Waals surface area (Å²) in [5, 5.41) is 0. The highest BCUT2D eigenvalue weighted by atomic mass is 16.5. The summed E-state index contributed by atoms with van der Waals surface area (Å²) in [7, 11) is 1.63. The number of aryl methyl sites for hydroxylation is 1. The fourth-order valence-corrected chi connectivity index (χ4v) is 3.05. The van der Waals surface area contributed by atoms with Crippen LogP contribution in [-0.4, -0.2) is 32.1 Å². The lowest BCUT2D eigenvalue weighted by Gasteiger charge is -2.12. The Bertz CT molecular complexity index is 1070. The number of para-hydroxylation sites is 3. The molecule has 31 heavy (non-hydrogen) atoms. The highest BCUT2D eigenvalue weighted by molar-refractivity contribution is 6.01. The second kappa shape index (κ2) is 11.0. The van der Waals surface area contributed by atoms with Crippen molar-refractivity contribution in [3.05, 3.63) is 89.5 Å². The summed E-state index contributed by atoms with van der Waals surface area (Å²) in [5.74, 6) is 1.76. The standard InChI is InChI=1S/C26H28N2O3/c1-5-30-25(27-22-15-8-7-12-19(22)3)20-13-11-14-21(18-20)26(31-6-2)28-23-16-9-10-17-24(23)29-4/h7-18H,5-6H2,1-4H3. The van der Waals surface area contributed by atoms with Gasteiger partial charge in [0.2, 0.25) is 11.8 Å². The largest absolute Gasteiger partial charge is 0.494 e. The van der Waals surface area contributed by atoms with E-state index in [1.165, 1.54) is 0 Å². The molecule has 0 saturated carbocycles. The molecule has 0 fully saturated rings. The van der Waals surface area contributed by atoms with E-state index in [1.807, 2.05) is 93.6 Å². The molecule has 160 valence electrons. The quantitative estimate of drug-likeness (QED) is 0.339. The molecule has 5 heteroatoms. The molecule has 0 amide bonds. The van der Waals surface area contributed by atoms with Gasteiger partial charge in [0.05, 0.1) is 26.0 Å². The average Bonchev–Trinajstić information content (AvgIpc) is 2.80. The smallest absolute Gasteiger partial charge is 0.221 e. The molecular weight excluding hydrogens is 388 g/mol. The molecule has 0 heterocycles. The fraction of sp³-hybridized carbons (Fsp3) is 0.231. The van der Waals surface area contributed by atoms with Crippen LogP contribution in [0.5, 0.6) is 5.75 Å². The lowest BCUT2D eigenvalue weighted by atomic mass is 10.1. The Morgan fingerprint density at radius 3 is 1.84 bits per heavy atom. The number of aliphatic imine (C=N–C) groups is 2. The zero-order valence-electron chi connectivity index (χ0n) is 18.5. The van der Waals surface area contributed by atoms with Gasteiger partial charge in [0.25, 0.3) is 0 Å². The van der Waals surface area contributed by atoms with Crippen LogP contribution in [0.1, 0.15) is 30.5 Å². The summed E-state index contributed by atoms with van der Waals surface area (Å²) in [4.78, 5) is 9.49. The third-order valence-corrected chi connectivity index (χ3v) is 4.56. The van der Waals surface area contributed by atoms with Crippen molar-refractivity contribution < 1.29 is 14.2 Å². The molecule has 0 atom stereocenters. The molecule has 0 aliphatic rings. The third-order valence-electron chi connectivity index (χ3n) is 4.56. The van der Waals surface area contributed by atoms with Crippen molar-refractivity contribution in [2.45, 2.75) is 20.8 Å². The van der Waals surface area contributed by atoms with E-state index in [0.717, 1.165) is 22.4 Å². The molecule has 0 unspecified atom stereocenters. The highest BCUT2D eigenvalue weighted by Gasteiger charge is 2.12. The van der Waals surface area contributed by atoms with Crippen molar-refractivity contribution in [3.63, 3.8) is 0 Å². The number of hydrogen-bond acceptors (Lipinski definition) is 5. The minimum Gasteiger partial charge on any atom is -0.494 e. The first-order chi connectivity index (χ1) is 15.2. The van der Waals surface area contributed by atoms with Gasteiger partial charge in [-0.15, -0.1) is 0 Å². The molecule has 0 bridgehead atoms. The highest BCUT2D eigenvalue weighted by Crippen LogP contribution is 2.27. The molecule has 5 nitrogen and oxygen atoms in total. The van der Waals surface area contributed by atoms with Gasteiger partial charge >= 0.3 is 0 Å². The van der Waals surface area contributed by atoms with E-state index in [4.69, 9.17) is 24.2 Å².